The zero-order valence-electron chi connectivity index (χ0n) is 20.8. The molecular formula is C26H30Br2N6O3. The van der Waals surface area contributed by atoms with E-state index < -0.39 is 0 Å². The summed E-state index contributed by atoms with van der Waals surface area (Å²) < 4.78 is 13.2. The molecule has 1 aromatic carbocycles. The second-order valence-corrected chi connectivity index (χ2v) is 11.1. The van der Waals surface area contributed by atoms with E-state index in [4.69, 9.17) is 19.4 Å². The summed E-state index contributed by atoms with van der Waals surface area (Å²) in [6, 6.07) is 4.70. The normalized spacial score (nSPS) is 21.9. The van der Waals surface area contributed by atoms with Crippen LogP contribution < -0.4 is 14.4 Å². The number of aromatic nitrogens is 2. The van der Waals surface area contributed by atoms with E-state index in [1.54, 1.807) is 17.1 Å². The number of amides is 1. The fraction of sp³-hybridized carbons (Fsp3) is 0.538. The number of hydrogen-bond donors (Lipinski definition) is 0. The summed E-state index contributed by atoms with van der Waals surface area (Å²) in [6.07, 6.45) is 6.67. The van der Waals surface area contributed by atoms with Gasteiger partial charge in [0.2, 0.25) is 5.91 Å². The molecule has 2 fully saturated rings. The average molecular weight is 634 g/mol. The SMILES string of the molecule is CN1CCC[C@H]1COc1nc(N2CCN(C(=O)/C=C/CBr)[C@@H](CC#N)C2)c2c3c(c(Br)cc2n1)CCO3. The molecular weight excluding hydrogens is 604 g/mol. The van der Waals surface area contributed by atoms with Crippen molar-refractivity contribution < 1.29 is 14.3 Å². The van der Waals surface area contributed by atoms with Crippen LogP contribution in [-0.2, 0) is 11.2 Å². The minimum Gasteiger partial charge on any atom is -0.492 e. The lowest BCUT2D eigenvalue weighted by atomic mass is 10.1. The second kappa shape index (κ2) is 11.5. The standard InChI is InChI=1S/C26H30Br2N6O3/c1-32-10-3-4-18(32)16-37-26-30-21-14-20(28)19-7-13-36-24(19)23(21)25(31-26)33-11-12-34(17(15-33)6-9-29)22(35)5-2-8-27/h2,5,14,17-18H,3-4,6-8,10-13,15-16H2,1H3/b5-2+/t17-,18-/m0/s1. The van der Waals surface area contributed by atoms with Gasteiger partial charge in [0.25, 0.3) is 0 Å². The van der Waals surface area contributed by atoms with E-state index in [9.17, 15) is 10.1 Å². The molecule has 1 amide bonds. The summed E-state index contributed by atoms with van der Waals surface area (Å²) in [5.41, 5.74) is 1.86. The monoisotopic (exact) mass is 632 g/mol. The highest BCUT2D eigenvalue weighted by atomic mass is 79.9. The number of carbonyl (C=O) groups is 1. The molecule has 2 aromatic rings. The molecule has 3 aliphatic rings. The van der Waals surface area contributed by atoms with Crippen LogP contribution in [0.1, 0.15) is 24.8 Å². The smallest absolute Gasteiger partial charge is 0.319 e. The Balaban J connectivity index is 1.50. The molecule has 4 heterocycles. The summed E-state index contributed by atoms with van der Waals surface area (Å²) in [5, 5.41) is 11.0. The Hall–Kier alpha value is -2.42. The van der Waals surface area contributed by atoms with E-state index in [0.717, 1.165) is 51.9 Å². The molecule has 2 saturated heterocycles. The number of hydrogen-bond acceptors (Lipinski definition) is 8. The van der Waals surface area contributed by atoms with Gasteiger partial charge in [-0.3, -0.25) is 4.79 Å². The first kappa shape index (κ1) is 26.2. The van der Waals surface area contributed by atoms with Gasteiger partial charge in [0.15, 0.2) is 0 Å². The van der Waals surface area contributed by atoms with Crippen LogP contribution >= 0.6 is 31.9 Å². The molecule has 11 heteroatoms. The maximum Gasteiger partial charge on any atom is 0.319 e. The lowest BCUT2D eigenvalue weighted by Crippen LogP contribution is -2.55. The molecule has 196 valence electrons. The lowest BCUT2D eigenvalue weighted by molar-refractivity contribution is -0.128. The minimum absolute atomic E-state index is 0.0789. The molecule has 0 radical (unpaired) electrons. The molecule has 0 spiro atoms. The van der Waals surface area contributed by atoms with E-state index in [2.05, 4.69) is 54.8 Å². The zero-order valence-corrected chi connectivity index (χ0v) is 24.0. The number of halogens is 2. The van der Waals surface area contributed by atoms with Gasteiger partial charge in [-0.05, 0) is 38.6 Å². The molecule has 3 aliphatic heterocycles. The maximum atomic E-state index is 12.8. The summed E-state index contributed by atoms with van der Waals surface area (Å²) >= 11 is 7.02. The molecule has 0 bridgehead atoms. The number of fused-ring (bicyclic) bond motifs is 3. The first-order valence-corrected chi connectivity index (χ1v) is 14.6. The Labute approximate surface area is 233 Å². The van der Waals surface area contributed by atoms with Crippen LogP contribution in [0.25, 0.3) is 10.9 Å². The van der Waals surface area contributed by atoms with E-state index in [1.807, 2.05) is 6.07 Å². The number of likely N-dealkylation sites (tertiary alicyclic amines) is 1. The van der Waals surface area contributed by atoms with Gasteiger partial charge in [-0.15, -0.1) is 0 Å². The van der Waals surface area contributed by atoms with Crippen LogP contribution in [0.2, 0.25) is 0 Å². The van der Waals surface area contributed by atoms with Crippen molar-refractivity contribution in [2.24, 2.45) is 0 Å². The van der Waals surface area contributed by atoms with Crippen molar-refractivity contribution in [1.29, 1.82) is 5.26 Å². The maximum absolute atomic E-state index is 12.8. The first-order chi connectivity index (χ1) is 18.0. The van der Waals surface area contributed by atoms with Gasteiger partial charge in [-0.25, -0.2) is 0 Å². The van der Waals surface area contributed by atoms with Crippen molar-refractivity contribution >= 4 is 54.5 Å². The lowest BCUT2D eigenvalue weighted by Gasteiger charge is -2.41. The Bertz CT molecular complexity index is 1250. The Morgan fingerprint density at radius 3 is 2.95 bits per heavy atom. The first-order valence-electron chi connectivity index (χ1n) is 12.6. The Morgan fingerprint density at radius 1 is 1.32 bits per heavy atom. The number of ether oxygens (including phenoxy) is 2. The number of likely N-dealkylation sites (N-methyl/N-ethyl adjacent to an activating group) is 1. The van der Waals surface area contributed by atoms with Crippen LogP contribution in [0.5, 0.6) is 11.8 Å². The molecule has 2 atom stereocenters. The number of nitriles is 1. The molecule has 0 saturated carbocycles. The van der Waals surface area contributed by atoms with Crippen molar-refractivity contribution in [3.05, 3.63) is 28.3 Å². The van der Waals surface area contributed by atoms with Crippen LogP contribution in [0.3, 0.4) is 0 Å². The molecule has 0 aliphatic carbocycles. The third-order valence-corrected chi connectivity index (χ3v) is 8.45. The van der Waals surface area contributed by atoms with Crippen LogP contribution in [0.15, 0.2) is 22.7 Å². The van der Waals surface area contributed by atoms with E-state index in [-0.39, 0.29) is 18.4 Å². The predicted molar refractivity (Wildman–Crippen MR) is 148 cm³/mol. The van der Waals surface area contributed by atoms with Crippen LogP contribution in [0, 0.1) is 11.3 Å². The second-order valence-electron chi connectivity index (χ2n) is 9.63. The van der Waals surface area contributed by atoms with Gasteiger partial charge in [0.05, 0.1) is 36.0 Å². The Kier molecular flexibility index (Phi) is 8.17. The molecule has 37 heavy (non-hydrogen) atoms. The molecule has 1 aromatic heterocycles. The van der Waals surface area contributed by atoms with E-state index in [1.165, 1.54) is 6.42 Å². The summed E-state index contributed by atoms with van der Waals surface area (Å²) in [7, 11) is 2.12. The van der Waals surface area contributed by atoms with Crippen molar-refractivity contribution in [2.45, 2.75) is 37.8 Å². The topological polar surface area (TPSA) is 94.8 Å². The van der Waals surface area contributed by atoms with E-state index >= 15 is 0 Å². The summed E-state index contributed by atoms with van der Waals surface area (Å²) in [6.45, 7) is 3.77. The largest absolute Gasteiger partial charge is 0.492 e. The van der Waals surface area contributed by atoms with Crippen molar-refractivity contribution in [1.82, 2.24) is 19.8 Å². The summed E-state index contributed by atoms with van der Waals surface area (Å²) in [5.74, 6) is 1.46. The van der Waals surface area contributed by atoms with Crippen molar-refractivity contribution in [3.8, 4) is 17.8 Å². The third kappa shape index (κ3) is 5.42. The predicted octanol–water partition coefficient (Wildman–Crippen LogP) is 3.68. The minimum atomic E-state index is -0.253. The van der Waals surface area contributed by atoms with Crippen molar-refractivity contribution in [2.75, 3.05) is 56.7 Å². The third-order valence-electron chi connectivity index (χ3n) is 7.37. The van der Waals surface area contributed by atoms with Gasteiger partial charge < -0.3 is 24.2 Å². The number of alkyl halides is 1. The number of anilines is 1. The van der Waals surface area contributed by atoms with Gasteiger partial charge in [0.1, 0.15) is 18.2 Å². The zero-order chi connectivity index (χ0) is 25.9. The van der Waals surface area contributed by atoms with Gasteiger partial charge in [-0.1, -0.05) is 37.9 Å². The molecule has 9 nitrogen and oxygen atoms in total. The number of benzene rings is 1. The van der Waals surface area contributed by atoms with Crippen LogP contribution in [-0.4, -0.2) is 89.5 Å². The van der Waals surface area contributed by atoms with E-state index in [0.29, 0.717) is 50.2 Å². The number of nitrogens with zero attached hydrogens (tertiary/aromatic N) is 6. The highest BCUT2D eigenvalue weighted by molar-refractivity contribution is 9.10. The number of carbonyl (C=O) groups excluding carboxylic acids is 1. The van der Waals surface area contributed by atoms with Crippen LogP contribution in [0.4, 0.5) is 5.82 Å². The van der Waals surface area contributed by atoms with Crippen molar-refractivity contribution in [3.63, 3.8) is 0 Å². The molecule has 0 unspecified atom stereocenters. The quantitative estimate of drug-likeness (QED) is 0.337. The highest BCUT2D eigenvalue weighted by Gasteiger charge is 2.33. The number of piperazine rings is 1. The highest BCUT2D eigenvalue weighted by Crippen LogP contribution is 2.43. The molecule has 5 rings (SSSR count). The van der Waals surface area contributed by atoms with Gasteiger partial charge >= 0.3 is 6.01 Å². The number of rotatable bonds is 7. The molecule has 0 N–H and O–H groups in total. The fourth-order valence-electron chi connectivity index (χ4n) is 5.39. The number of allylic oxidation sites excluding steroid dienone is 1. The fourth-order valence-corrected chi connectivity index (χ4v) is 6.18. The van der Waals surface area contributed by atoms with Gasteiger partial charge in [-0.2, -0.15) is 15.2 Å². The average Bonchev–Trinajstić information content (AvgIpc) is 3.55. The summed E-state index contributed by atoms with van der Waals surface area (Å²) in [4.78, 5) is 28.7. The Morgan fingerprint density at radius 2 is 2.19 bits per heavy atom. The van der Waals surface area contributed by atoms with Gasteiger partial charge in [0, 0.05) is 47.5 Å².